The Morgan fingerprint density at radius 2 is 1.61 bits per heavy atom. The van der Waals surface area contributed by atoms with E-state index in [4.69, 9.17) is 27.4 Å². The van der Waals surface area contributed by atoms with Crippen molar-refractivity contribution in [3.05, 3.63) is 93.2 Å². The minimum Gasteiger partial charge on any atom is -0.377 e. The van der Waals surface area contributed by atoms with Crippen molar-refractivity contribution in [2.75, 3.05) is 4.90 Å². The molecule has 4 amide bonds. The fourth-order valence-electron chi connectivity index (χ4n) is 3.28. The third-order valence-electron chi connectivity index (χ3n) is 5.03. The molecule has 0 radical (unpaired) electrons. The second kappa shape index (κ2) is 9.73. The van der Waals surface area contributed by atoms with Crippen molar-refractivity contribution in [2.24, 2.45) is 0 Å². The van der Waals surface area contributed by atoms with Crippen molar-refractivity contribution in [1.82, 2.24) is 5.32 Å². The maximum atomic E-state index is 13.3. The normalized spacial score (nSPS) is 15.3. The van der Waals surface area contributed by atoms with E-state index in [1.54, 1.807) is 19.1 Å². The summed E-state index contributed by atoms with van der Waals surface area (Å²) in [5, 5.41) is 1.86. The van der Waals surface area contributed by atoms with Crippen LogP contribution in [0, 0.1) is 12.7 Å². The van der Waals surface area contributed by atoms with E-state index >= 15 is 0 Å². The number of carbonyl (C=O) groups is 3. The number of hydrogen-bond acceptors (Lipinski definition) is 6. The molecule has 36 heavy (non-hydrogen) atoms. The average Bonchev–Trinajstić information content (AvgIpc) is 2.80. The predicted octanol–water partition coefficient (Wildman–Crippen LogP) is 4.88. The highest BCUT2D eigenvalue weighted by atomic mass is 35.5. The van der Waals surface area contributed by atoms with E-state index in [1.807, 2.05) is 5.32 Å². The first-order chi connectivity index (χ1) is 17.0. The second-order valence-electron chi connectivity index (χ2n) is 7.59. The molecule has 3 aromatic rings. The molecule has 184 valence electrons. The second-order valence-corrected chi connectivity index (χ2v) is 9.98. The van der Waals surface area contributed by atoms with Gasteiger partial charge in [-0.15, -0.1) is 0 Å². The molecule has 0 atom stereocenters. The summed E-state index contributed by atoms with van der Waals surface area (Å²) in [5.74, 6) is -3.08. The van der Waals surface area contributed by atoms with E-state index < -0.39 is 39.4 Å². The number of imide groups is 2. The van der Waals surface area contributed by atoms with Crippen molar-refractivity contribution in [3.8, 4) is 5.75 Å². The number of rotatable bonds is 5. The fraction of sp³-hybridized carbons (Fsp3) is 0.0417. The third kappa shape index (κ3) is 5.11. The molecule has 0 saturated carbocycles. The molecule has 1 aliphatic rings. The van der Waals surface area contributed by atoms with Crippen molar-refractivity contribution in [3.63, 3.8) is 0 Å². The summed E-state index contributed by atoms with van der Waals surface area (Å²) in [6.45, 7) is 1.78. The number of hydrogen-bond donors (Lipinski definition) is 1. The van der Waals surface area contributed by atoms with Gasteiger partial charge in [-0.2, -0.15) is 8.42 Å². The van der Waals surface area contributed by atoms with Crippen LogP contribution in [0.15, 0.2) is 71.1 Å². The Morgan fingerprint density at radius 1 is 0.972 bits per heavy atom. The number of anilines is 1. The van der Waals surface area contributed by atoms with E-state index in [0.717, 1.165) is 23.8 Å². The van der Waals surface area contributed by atoms with Crippen LogP contribution in [0.1, 0.15) is 11.1 Å². The van der Waals surface area contributed by atoms with Gasteiger partial charge in [0.25, 0.3) is 11.8 Å². The summed E-state index contributed by atoms with van der Waals surface area (Å²) in [6.07, 6.45) is 0.998. The molecule has 1 fully saturated rings. The van der Waals surface area contributed by atoms with Gasteiger partial charge in [0, 0.05) is 10.6 Å². The number of amides is 4. The summed E-state index contributed by atoms with van der Waals surface area (Å²) < 4.78 is 44.3. The van der Waals surface area contributed by atoms with E-state index in [0.29, 0.717) is 4.90 Å². The van der Waals surface area contributed by atoms with Gasteiger partial charge in [-0.25, -0.2) is 14.1 Å². The SMILES string of the molecule is Cc1ccc(S(=O)(=O)Oc2c(Cl)cc(Cl)cc2/C=C2\C(=O)NC(=O)N(c3ccc(F)cc3)C2=O)cc1. The molecule has 3 aromatic carbocycles. The van der Waals surface area contributed by atoms with Gasteiger partial charge in [-0.1, -0.05) is 40.9 Å². The summed E-state index contributed by atoms with van der Waals surface area (Å²) in [7, 11) is -4.36. The summed E-state index contributed by atoms with van der Waals surface area (Å²) in [4.78, 5) is 38.5. The van der Waals surface area contributed by atoms with Crippen molar-refractivity contribution < 1.29 is 31.4 Å². The maximum absolute atomic E-state index is 13.3. The van der Waals surface area contributed by atoms with Crippen LogP contribution in [0.3, 0.4) is 0 Å². The molecule has 1 N–H and O–H groups in total. The summed E-state index contributed by atoms with van der Waals surface area (Å²) in [6, 6.07) is 11.7. The zero-order valence-corrected chi connectivity index (χ0v) is 20.6. The molecule has 4 rings (SSSR count). The van der Waals surface area contributed by atoms with Gasteiger partial charge in [0.05, 0.1) is 10.7 Å². The smallest absolute Gasteiger partial charge is 0.339 e. The molecule has 0 spiro atoms. The molecule has 12 heteroatoms. The standard InChI is InChI=1S/C24H15Cl2FN2O6S/c1-13-2-8-18(9-3-13)36(33,34)35-21-14(10-15(25)12-20(21)26)11-19-22(30)28-24(32)29(23(19)31)17-6-4-16(27)5-7-17/h2-12H,1H3,(H,28,30,32)/b19-11+. The molecule has 0 aliphatic carbocycles. The number of benzene rings is 3. The highest BCUT2D eigenvalue weighted by Gasteiger charge is 2.37. The van der Waals surface area contributed by atoms with Crippen LogP contribution in [0.25, 0.3) is 6.08 Å². The van der Waals surface area contributed by atoms with E-state index in [-0.39, 0.29) is 31.9 Å². The first-order valence-corrected chi connectivity index (χ1v) is 12.3. The number of carbonyl (C=O) groups excluding carboxylic acids is 3. The minimum atomic E-state index is -4.36. The monoisotopic (exact) mass is 548 g/mol. The van der Waals surface area contributed by atoms with Gasteiger partial charge < -0.3 is 4.18 Å². The first kappa shape index (κ1) is 25.4. The van der Waals surface area contributed by atoms with Crippen molar-refractivity contribution in [2.45, 2.75) is 11.8 Å². The van der Waals surface area contributed by atoms with Crippen LogP contribution in [0.2, 0.25) is 10.0 Å². The van der Waals surface area contributed by atoms with Gasteiger partial charge in [-0.05, 0) is 61.5 Å². The van der Waals surface area contributed by atoms with Gasteiger partial charge in [-0.3, -0.25) is 14.9 Å². The molecule has 1 aliphatic heterocycles. The Bertz CT molecular complexity index is 1540. The lowest BCUT2D eigenvalue weighted by Crippen LogP contribution is -2.54. The minimum absolute atomic E-state index is 0.000140. The van der Waals surface area contributed by atoms with Crippen LogP contribution in [-0.4, -0.2) is 26.3 Å². The molecule has 1 saturated heterocycles. The molecule has 0 unspecified atom stereocenters. The van der Waals surface area contributed by atoms with Crippen LogP contribution in [-0.2, 0) is 19.7 Å². The molecular weight excluding hydrogens is 534 g/mol. The van der Waals surface area contributed by atoms with E-state index in [9.17, 15) is 27.2 Å². The largest absolute Gasteiger partial charge is 0.377 e. The van der Waals surface area contributed by atoms with Crippen LogP contribution in [0.5, 0.6) is 5.75 Å². The molecule has 0 aromatic heterocycles. The summed E-state index contributed by atoms with van der Waals surface area (Å²) in [5.41, 5.74) is 0.163. The summed E-state index contributed by atoms with van der Waals surface area (Å²) >= 11 is 12.3. The highest BCUT2D eigenvalue weighted by molar-refractivity contribution is 7.87. The topological polar surface area (TPSA) is 110 Å². The number of urea groups is 1. The van der Waals surface area contributed by atoms with E-state index in [2.05, 4.69) is 0 Å². The average molecular weight is 549 g/mol. The Labute approximate surface area is 215 Å². The highest BCUT2D eigenvalue weighted by Crippen LogP contribution is 2.36. The van der Waals surface area contributed by atoms with Crippen LogP contribution in [0.4, 0.5) is 14.9 Å². The van der Waals surface area contributed by atoms with Crippen molar-refractivity contribution in [1.29, 1.82) is 0 Å². The Hall–Kier alpha value is -3.73. The van der Waals surface area contributed by atoms with E-state index in [1.165, 1.54) is 36.4 Å². The molecular formula is C24H15Cl2FN2O6S. The Kier molecular flexibility index (Phi) is 6.85. The molecule has 8 nitrogen and oxygen atoms in total. The van der Waals surface area contributed by atoms with Crippen LogP contribution >= 0.6 is 23.2 Å². The quantitative estimate of drug-likeness (QED) is 0.276. The fourth-order valence-corrected chi connectivity index (χ4v) is 4.84. The number of aryl methyl sites for hydroxylation is 1. The Morgan fingerprint density at radius 3 is 2.25 bits per heavy atom. The maximum Gasteiger partial charge on any atom is 0.339 e. The lowest BCUT2D eigenvalue weighted by molar-refractivity contribution is -0.122. The van der Waals surface area contributed by atoms with Gasteiger partial charge in [0.2, 0.25) is 0 Å². The number of nitrogens with zero attached hydrogens (tertiary/aromatic N) is 1. The lowest BCUT2D eigenvalue weighted by atomic mass is 10.1. The van der Waals surface area contributed by atoms with Gasteiger partial charge in [0.15, 0.2) is 5.75 Å². The number of barbiturate groups is 1. The number of nitrogens with one attached hydrogen (secondary N) is 1. The lowest BCUT2D eigenvalue weighted by Gasteiger charge is -2.26. The predicted molar refractivity (Wildman–Crippen MR) is 131 cm³/mol. The third-order valence-corrected chi connectivity index (χ3v) is 6.76. The zero-order valence-electron chi connectivity index (χ0n) is 18.3. The Balaban J connectivity index is 1.78. The molecule has 1 heterocycles. The van der Waals surface area contributed by atoms with Gasteiger partial charge in [0.1, 0.15) is 16.3 Å². The molecule has 0 bridgehead atoms. The number of halogens is 3. The first-order valence-electron chi connectivity index (χ1n) is 10.1. The van der Waals surface area contributed by atoms with Crippen LogP contribution < -0.4 is 14.4 Å². The zero-order chi connectivity index (χ0) is 26.2. The van der Waals surface area contributed by atoms with Crippen molar-refractivity contribution >= 4 is 62.9 Å². The van der Waals surface area contributed by atoms with Gasteiger partial charge >= 0.3 is 16.1 Å².